The van der Waals surface area contributed by atoms with Crippen molar-refractivity contribution in [3.8, 4) is 0 Å². The summed E-state index contributed by atoms with van der Waals surface area (Å²) in [5, 5.41) is 13.6. The van der Waals surface area contributed by atoms with Crippen molar-refractivity contribution in [3.63, 3.8) is 0 Å². The fourth-order valence-corrected chi connectivity index (χ4v) is 1.39. The average molecular weight is 249 g/mol. The molecule has 2 aromatic heterocycles. The molecule has 0 aliphatic heterocycles. The van der Waals surface area contributed by atoms with Gasteiger partial charge in [-0.3, -0.25) is 10.1 Å². The van der Waals surface area contributed by atoms with E-state index in [1.54, 1.807) is 13.1 Å². The Labute approximate surface area is 102 Å². The number of nitrogens with two attached hydrogens (primary N) is 1. The van der Waals surface area contributed by atoms with Gasteiger partial charge in [-0.15, -0.1) is 0 Å². The Morgan fingerprint density at radius 2 is 2.33 bits per heavy atom. The molecular formula is C10H11N5O3. The topological polar surface area (TPSA) is 120 Å². The number of nitrogen functional groups attached to an aromatic ring is 1. The highest BCUT2D eigenvalue weighted by Gasteiger charge is 2.15. The van der Waals surface area contributed by atoms with E-state index >= 15 is 0 Å². The molecule has 0 aliphatic rings. The van der Waals surface area contributed by atoms with Crippen LogP contribution in [0, 0.1) is 17.0 Å². The number of oxazole rings is 1. The van der Waals surface area contributed by atoms with Crippen LogP contribution < -0.4 is 11.1 Å². The van der Waals surface area contributed by atoms with Crippen LogP contribution in [0.3, 0.4) is 0 Å². The molecule has 0 saturated heterocycles. The van der Waals surface area contributed by atoms with Crippen molar-refractivity contribution in [2.24, 2.45) is 0 Å². The summed E-state index contributed by atoms with van der Waals surface area (Å²) in [6.07, 6.45) is 1.57. The lowest BCUT2D eigenvalue weighted by atomic mass is 10.3. The molecule has 0 unspecified atom stereocenters. The molecule has 94 valence electrons. The Hall–Kier alpha value is -2.64. The van der Waals surface area contributed by atoms with E-state index in [2.05, 4.69) is 15.3 Å². The molecule has 0 aliphatic carbocycles. The highest BCUT2D eigenvalue weighted by atomic mass is 16.6. The normalized spacial score (nSPS) is 10.3. The molecule has 8 nitrogen and oxygen atoms in total. The molecule has 0 fully saturated rings. The smallest absolute Gasteiger partial charge is 0.311 e. The SMILES string of the molecule is Cc1cnc(CNc2nc(N)ccc2[N+](=O)[O-])o1. The van der Waals surface area contributed by atoms with Gasteiger partial charge in [0.25, 0.3) is 0 Å². The van der Waals surface area contributed by atoms with E-state index in [1.165, 1.54) is 12.1 Å². The third-order valence-electron chi connectivity index (χ3n) is 2.17. The van der Waals surface area contributed by atoms with Crippen LogP contribution in [0.1, 0.15) is 11.7 Å². The Kier molecular flexibility index (Phi) is 3.09. The number of pyridine rings is 1. The van der Waals surface area contributed by atoms with Crippen LogP contribution in [0.5, 0.6) is 0 Å². The summed E-state index contributed by atoms with van der Waals surface area (Å²) in [5.41, 5.74) is 5.34. The third-order valence-corrected chi connectivity index (χ3v) is 2.17. The first-order valence-corrected chi connectivity index (χ1v) is 5.12. The molecule has 2 rings (SSSR count). The van der Waals surface area contributed by atoms with E-state index in [4.69, 9.17) is 10.2 Å². The lowest BCUT2D eigenvalue weighted by Crippen LogP contribution is -2.06. The highest BCUT2D eigenvalue weighted by molar-refractivity contribution is 5.59. The van der Waals surface area contributed by atoms with Gasteiger partial charge in [0, 0.05) is 6.07 Å². The van der Waals surface area contributed by atoms with Crippen LogP contribution in [0.15, 0.2) is 22.7 Å². The molecule has 8 heteroatoms. The van der Waals surface area contributed by atoms with Crippen LogP contribution in [0.2, 0.25) is 0 Å². The zero-order valence-corrected chi connectivity index (χ0v) is 9.58. The molecule has 0 saturated carbocycles. The Morgan fingerprint density at radius 3 is 2.94 bits per heavy atom. The summed E-state index contributed by atoms with van der Waals surface area (Å²) in [6, 6.07) is 2.67. The number of anilines is 2. The number of nitro groups is 1. The van der Waals surface area contributed by atoms with Gasteiger partial charge in [0.1, 0.15) is 11.6 Å². The molecule has 0 aromatic carbocycles. The van der Waals surface area contributed by atoms with Gasteiger partial charge < -0.3 is 15.5 Å². The highest BCUT2D eigenvalue weighted by Crippen LogP contribution is 2.23. The fraction of sp³-hybridized carbons (Fsp3) is 0.200. The van der Waals surface area contributed by atoms with E-state index in [9.17, 15) is 10.1 Å². The molecule has 2 heterocycles. The summed E-state index contributed by atoms with van der Waals surface area (Å²) < 4.78 is 5.23. The van der Waals surface area contributed by atoms with E-state index in [0.29, 0.717) is 11.7 Å². The first kappa shape index (κ1) is 11.8. The van der Waals surface area contributed by atoms with Gasteiger partial charge >= 0.3 is 5.69 Å². The minimum absolute atomic E-state index is 0.0934. The van der Waals surface area contributed by atoms with Crippen LogP contribution in [0.25, 0.3) is 0 Å². The standard InChI is InChI=1S/C10H11N5O3/c1-6-4-12-9(18-6)5-13-10-7(15(16)17)2-3-8(11)14-10/h2-4H,5H2,1H3,(H3,11,13,14). The van der Waals surface area contributed by atoms with E-state index in [1.807, 2.05) is 0 Å². The molecular weight excluding hydrogens is 238 g/mol. The molecule has 0 spiro atoms. The van der Waals surface area contributed by atoms with Gasteiger partial charge in [-0.05, 0) is 13.0 Å². The van der Waals surface area contributed by atoms with Crippen molar-refractivity contribution in [3.05, 3.63) is 40.1 Å². The summed E-state index contributed by atoms with van der Waals surface area (Å²) in [6.45, 7) is 1.96. The number of aryl methyl sites for hydroxylation is 1. The predicted octanol–water partition coefficient (Wildman–Crippen LogP) is 1.48. The molecule has 0 radical (unpaired) electrons. The van der Waals surface area contributed by atoms with Crippen LogP contribution in [-0.4, -0.2) is 14.9 Å². The molecule has 2 aromatic rings. The molecule has 0 bridgehead atoms. The lowest BCUT2D eigenvalue weighted by molar-refractivity contribution is -0.384. The molecule has 18 heavy (non-hydrogen) atoms. The second kappa shape index (κ2) is 4.70. The number of nitrogens with one attached hydrogen (secondary N) is 1. The van der Waals surface area contributed by atoms with Gasteiger partial charge in [-0.1, -0.05) is 0 Å². The first-order valence-electron chi connectivity index (χ1n) is 5.12. The maximum absolute atomic E-state index is 10.8. The second-order valence-corrected chi connectivity index (χ2v) is 3.58. The van der Waals surface area contributed by atoms with Crippen molar-refractivity contribution in [2.75, 3.05) is 11.1 Å². The Morgan fingerprint density at radius 1 is 1.56 bits per heavy atom. The maximum Gasteiger partial charge on any atom is 0.311 e. The maximum atomic E-state index is 10.8. The second-order valence-electron chi connectivity index (χ2n) is 3.58. The van der Waals surface area contributed by atoms with Gasteiger partial charge in [-0.2, -0.15) is 0 Å². The minimum atomic E-state index is -0.532. The van der Waals surface area contributed by atoms with Crippen molar-refractivity contribution in [2.45, 2.75) is 13.5 Å². The van der Waals surface area contributed by atoms with E-state index < -0.39 is 4.92 Å². The summed E-state index contributed by atoms with van der Waals surface area (Å²) >= 11 is 0. The van der Waals surface area contributed by atoms with Crippen LogP contribution in [-0.2, 0) is 6.54 Å². The molecule has 3 N–H and O–H groups in total. The van der Waals surface area contributed by atoms with Crippen LogP contribution >= 0.6 is 0 Å². The Balaban J connectivity index is 2.17. The summed E-state index contributed by atoms with van der Waals surface area (Å²) in [5.74, 6) is 1.38. The Bertz CT molecular complexity index is 581. The minimum Gasteiger partial charge on any atom is -0.444 e. The van der Waals surface area contributed by atoms with Crippen molar-refractivity contribution < 1.29 is 9.34 Å². The fourth-order valence-electron chi connectivity index (χ4n) is 1.39. The number of hydrogen-bond donors (Lipinski definition) is 2. The van der Waals surface area contributed by atoms with E-state index in [-0.39, 0.29) is 23.9 Å². The quantitative estimate of drug-likeness (QED) is 0.621. The van der Waals surface area contributed by atoms with E-state index in [0.717, 1.165) is 0 Å². The molecule has 0 amide bonds. The first-order chi connectivity index (χ1) is 8.56. The summed E-state index contributed by atoms with van der Waals surface area (Å²) in [7, 11) is 0. The van der Waals surface area contributed by atoms with Gasteiger partial charge in [0.15, 0.2) is 0 Å². The largest absolute Gasteiger partial charge is 0.444 e. The van der Waals surface area contributed by atoms with Crippen molar-refractivity contribution >= 4 is 17.3 Å². The average Bonchev–Trinajstić information content (AvgIpc) is 2.72. The number of nitrogens with zero attached hydrogens (tertiary/aromatic N) is 3. The number of rotatable bonds is 4. The van der Waals surface area contributed by atoms with Gasteiger partial charge in [0.05, 0.1) is 17.7 Å². The zero-order valence-electron chi connectivity index (χ0n) is 9.58. The molecule has 0 atom stereocenters. The van der Waals surface area contributed by atoms with Gasteiger partial charge in [-0.25, -0.2) is 9.97 Å². The zero-order chi connectivity index (χ0) is 13.1. The monoisotopic (exact) mass is 249 g/mol. The van der Waals surface area contributed by atoms with Crippen molar-refractivity contribution in [1.29, 1.82) is 0 Å². The third kappa shape index (κ3) is 2.54. The lowest BCUT2D eigenvalue weighted by Gasteiger charge is -2.04. The summed E-state index contributed by atoms with van der Waals surface area (Å²) in [4.78, 5) is 18.1. The number of aromatic nitrogens is 2. The van der Waals surface area contributed by atoms with Gasteiger partial charge in [0.2, 0.25) is 11.7 Å². The van der Waals surface area contributed by atoms with Crippen molar-refractivity contribution in [1.82, 2.24) is 9.97 Å². The predicted molar refractivity (Wildman–Crippen MR) is 63.9 cm³/mol. The number of hydrogen-bond acceptors (Lipinski definition) is 7. The van der Waals surface area contributed by atoms with Crippen LogP contribution in [0.4, 0.5) is 17.3 Å².